The normalized spacial score (nSPS) is 42.0. The van der Waals surface area contributed by atoms with Crippen molar-refractivity contribution in [3.8, 4) is 0 Å². The molecule has 3 rings (SSSR count). The van der Waals surface area contributed by atoms with E-state index in [1.54, 1.807) is 0 Å². The molecule has 0 aliphatic carbocycles. The number of aliphatic hydroxyl groups is 1. The highest BCUT2D eigenvalue weighted by atomic mass is 35.5. The van der Waals surface area contributed by atoms with E-state index in [0.29, 0.717) is 12.5 Å². The number of nitrogens with two attached hydrogens (primary N) is 1. The Morgan fingerprint density at radius 1 is 1.31 bits per heavy atom. The number of piperidine rings is 3. The van der Waals surface area contributed by atoms with Gasteiger partial charge in [-0.1, -0.05) is 0 Å². The van der Waals surface area contributed by atoms with Gasteiger partial charge in [-0.15, -0.1) is 24.8 Å². The monoisotopic (exact) mass is 228 g/mol. The Morgan fingerprint density at radius 3 is 2.08 bits per heavy atom. The van der Waals surface area contributed by atoms with E-state index in [1.165, 1.54) is 0 Å². The second-order valence-electron chi connectivity index (χ2n) is 3.86. The van der Waals surface area contributed by atoms with Crippen LogP contribution < -0.4 is 5.73 Å². The van der Waals surface area contributed by atoms with Crippen molar-refractivity contribution < 1.29 is 5.11 Å². The molecule has 1 atom stereocenters. The molecule has 13 heavy (non-hydrogen) atoms. The molecule has 3 fully saturated rings. The molecule has 0 aromatic rings. The summed E-state index contributed by atoms with van der Waals surface area (Å²) >= 11 is 0. The van der Waals surface area contributed by atoms with Crippen LogP contribution in [0.15, 0.2) is 0 Å². The van der Waals surface area contributed by atoms with Crippen LogP contribution in [0.3, 0.4) is 0 Å². The summed E-state index contributed by atoms with van der Waals surface area (Å²) in [6.45, 7) is 3.54. The van der Waals surface area contributed by atoms with Crippen molar-refractivity contribution in [1.82, 2.24) is 4.90 Å². The first kappa shape index (κ1) is 13.5. The van der Waals surface area contributed by atoms with Gasteiger partial charge in [0.1, 0.15) is 0 Å². The van der Waals surface area contributed by atoms with Crippen LogP contribution in [0, 0.1) is 5.92 Å². The fourth-order valence-corrected chi connectivity index (χ4v) is 2.38. The minimum absolute atomic E-state index is 0. The number of nitrogens with zero attached hydrogens (tertiary/aromatic N) is 1. The average molecular weight is 229 g/mol. The first-order valence-electron chi connectivity index (χ1n) is 4.39. The van der Waals surface area contributed by atoms with E-state index in [9.17, 15) is 5.11 Å². The van der Waals surface area contributed by atoms with Crippen LogP contribution in [-0.2, 0) is 0 Å². The number of hydrogen-bond donors (Lipinski definition) is 2. The average Bonchev–Trinajstić information content (AvgIpc) is 2.06. The van der Waals surface area contributed by atoms with Crippen LogP contribution >= 0.6 is 24.8 Å². The van der Waals surface area contributed by atoms with E-state index in [4.69, 9.17) is 5.73 Å². The first-order valence-corrected chi connectivity index (χ1v) is 4.39. The van der Waals surface area contributed by atoms with Gasteiger partial charge in [0.05, 0.1) is 5.60 Å². The molecule has 3 saturated heterocycles. The zero-order chi connectivity index (χ0) is 7.90. The van der Waals surface area contributed by atoms with E-state index in [1.807, 2.05) is 0 Å². The second kappa shape index (κ2) is 4.80. The van der Waals surface area contributed by atoms with E-state index in [0.717, 1.165) is 32.5 Å². The minimum atomic E-state index is -0.559. The van der Waals surface area contributed by atoms with Crippen LogP contribution in [0.2, 0.25) is 0 Å². The standard InChI is InChI=1S/C8H16N2O.2ClH/c9-5-8(11)6-10-3-1-7(8)2-4-10;;/h7,11H,1-6,9H2;2*1H/t8-;;/m1../s1. The van der Waals surface area contributed by atoms with Crippen LogP contribution in [0.5, 0.6) is 0 Å². The van der Waals surface area contributed by atoms with Crippen molar-refractivity contribution in [2.75, 3.05) is 26.2 Å². The summed E-state index contributed by atoms with van der Waals surface area (Å²) in [4.78, 5) is 2.31. The highest BCUT2D eigenvalue weighted by molar-refractivity contribution is 5.85. The summed E-state index contributed by atoms with van der Waals surface area (Å²) in [6.07, 6.45) is 2.27. The third-order valence-electron chi connectivity index (χ3n) is 3.20. The summed E-state index contributed by atoms with van der Waals surface area (Å²) in [7, 11) is 0. The largest absolute Gasteiger partial charge is 0.387 e. The molecule has 0 unspecified atom stereocenters. The van der Waals surface area contributed by atoms with Crippen molar-refractivity contribution in [3.05, 3.63) is 0 Å². The topological polar surface area (TPSA) is 49.5 Å². The van der Waals surface area contributed by atoms with Crippen LogP contribution in [0.25, 0.3) is 0 Å². The van der Waals surface area contributed by atoms with Crippen molar-refractivity contribution in [2.45, 2.75) is 18.4 Å². The molecule has 3 nitrogen and oxygen atoms in total. The van der Waals surface area contributed by atoms with Gasteiger partial charge >= 0.3 is 0 Å². The van der Waals surface area contributed by atoms with Gasteiger partial charge in [0.2, 0.25) is 0 Å². The third-order valence-corrected chi connectivity index (χ3v) is 3.20. The summed E-state index contributed by atoms with van der Waals surface area (Å²) in [5.41, 5.74) is 4.99. The molecule has 3 heterocycles. The Labute approximate surface area is 91.5 Å². The maximum atomic E-state index is 10.0. The molecule has 0 radical (unpaired) electrons. The molecule has 3 N–H and O–H groups in total. The zero-order valence-electron chi connectivity index (χ0n) is 7.61. The quantitative estimate of drug-likeness (QED) is 0.677. The van der Waals surface area contributed by atoms with Crippen LogP contribution in [0.1, 0.15) is 12.8 Å². The van der Waals surface area contributed by atoms with E-state index >= 15 is 0 Å². The summed E-state index contributed by atoms with van der Waals surface area (Å²) in [6, 6.07) is 0. The predicted octanol–water partition coefficient (Wildman–Crippen LogP) is 0.245. The smallest absolute Gasteiger partial charge is 0.0924 e. The lowest BCUT2D eigenvalue weighted by Gasteiger charge is -2.49. The van der Waals surface area contributed by atoms with Gasteiger partial charge in [-0.2, -0.15) is 0 Å². The third kappa shape index (κ3) is 2.28. The lowest BCUT2D eigenvalue weighted by molar-refractivity contribution is -0.104. The van der Waals surface area contributed by atoms with Gasteiger partial charge in [-0.25, -0.2) is 0 Å². The Balaban J connectivity index is 0.000000720. The van der Waals surface area contributed by atoms with Crippen LogP contribution in [-0.4, -0.2) is 41.8 Å². The highest BCUT2D eigenvalue weighted by Gasteiger charge is 2.44. The Kier molecular flexibility index (Phi) is 4.97. The van der Waals surface area contributed by atoms with Gasteiger partial charge in [0.15, 0.2) is 0 Å². The van der Waals surface area contributed by atoms with Gasteiger partial charge in [0.25, 0.3) is 0 Å². The fourth-order valence-electron chi connectivity index (χ4n) is 2.38. The van der Waals surface area contributed by atoms with Crippen molar-refractivity contribution >= 4 is 24.8 Å². The Hall–Kier alpha value is 0.460. The first-order chi connectivity index (χ1) is 5.24. The maximum absolute atomic E-state index is 10.0. The summed E-state index contributed by atoms with van der Waals surface area (Å²) in [5.74, 6) is 0.470. The van der Waals surface area contributed by atoms with Gasteiger partial charge < -0.3 is 15.7 Å². The molecule has 80 valence electrons. The Bertz CT molecular complexity index is 162. The lowest BCUT2D eigenvalue weighted by Crippen LogP contribution is -2.62. The van der Waals surface area contributed by atoms with Crippen molar-refractivity contribution in [1.29, 1.82) is 0 Å². The second-order valence-corrected chi connectivity index (χ2v) is 3.86. The molecule has 5 heteroatoms. The SMILES string of the molecule is Cl.Cl.NC[C@@]1(O)CN2CCC1CC2. The van der Waals surface area contributed by atoms with E-state index < -0.39 is 5.60 Å². The summed E-state index contributed by atoms with van der Waals surface area (Å²) < 4.78 is 0. The molecule has 3 aliphatic heterocycles. The van der Waals surface area contributed by atoms with Crippen LogP contribution in [0.4, 0.5) is 0 Å². The molecular weight excluding hydrogens is 211 g/mol. The lowest BCUT2D eigenvalue weighted by atomic mass is 9.75. The Morgan fingerprint density at radius 2 is 1.85 bits per heavy atom. The number of halogens is 2. The summed E-state index contributed by atoms with van der Waals surface area (Å²) in [5, 5.41) is 10.0. The minimum Gasteiger partial charge on any atom is -0.387 e. The molecule has 0 spiro atoms. The predicted molar refractivity (Wildman–Crippen MR) is 57.7 cm³/mol. The number of rotatable bonds is 1. The molecule has 0 amide bonds. The van der Waals surface area contributed by atoms with Gasteiger partial charge in [-0.3, -0.25) is 0 Å². The molecule has 0 aromatic heterocycles. The highest BCUT2D eigenvalue weighted by Crippen LogP contribution is 2.34. The van der Waals surface area contributed by atoms with Gasteiger partial charge in [0, 0.05) is 13.1 Å². The molecule has 3 aliphatic rings. The zero-order valence-corrected chi connectivity index (χ0v) is 9.24. The molecular formula is C8H18Cl2N2O. The molecule has 0 saturated carbocycles. The van der Waals surface area contributed by atoms with E-state index in [2.05, 4.69) is 4.90 Å². The van der Waals surface area contributed by atoms with Crippen molar-refractivity contribution in [2.24, 2.45) is 11.7 Å². The maximum Gasteiger partial charge on any atom is 0.0924 e. The molecule has 2 bridgehead atoms. The van der Waals surface area contributed by atoms with Crippen molar-refractivity contribution in [3.63, 3.8) is 0 Å². The number of fused-ring (bicyclic) bond motifs is 3. The number of hydrogen-bond acceptors (Lipinski definition) is 3. The van der Waals surface area contributed by atoms with Gasteiger partial charge in [-0.05, 0) is 31.8 Å². The molecule has 0 aromatic carbocycles. The van der Waals surface area contributed by atoms with E-state index in [-0.39, 0.29) is 24.8 Å². The fraction of sp³-hybridized carbons (Fsp3) is 1.00.